The summed E-state index contributed by atoms with van der Waals surface area (Å²) in [6.07, 6.45) is 0. The molecule has 2 aromatic carbocycles. The Labute approximate surface area is 129 Å². The van der Waals surface area contributed by atoms with Crippen molar-refractivity contribution in [2.75, 3.05) is 0 Å². The Morgan fingerprint density at radius 2 is 1.80 bits per heavy atom. The molecule has 3 rings (SSSR count). The van der Waals surface area contributed by atoms with Crippen LogP contribution in [0.15, 0.2) is 42.5 Å². The van der Waals surface area contributed by atoms with Gasteiger partial charge >= 0.3 is 0 Å². The summed E-state index contributed by atoms with van der Waals surface area (Å²) in [5, 5.41) is 1.84. The van der Waals surface area contributed by atoms with Crippen LogP contribution >= 0.6 is 34.5 Å². The van der Waals surface area contributed by atoms with Crippen LogP contribution < -0.4 is 5.73 Å². The second kappa shape index (κ2) is 5.34. The predicted molar refractivity (Wildman–Crippen MR) is 84.3 cm³/mol. The molecule has 0 saturated heterocycles. The van der Waals surface area contributed by atoms with Crippen molar-refractivity contribution < 1.29 is 4.39 Å². The summed E-state index contributed by atoms with van der Waals surface area (Å²) in [5.74, 6) is -0.245. The molecule has 102 valence electrons. The van der Waals surface area contributed by atoms with Gasteiger partial charge in [-0.2, -0.15) is 0 Å². The van der Waals surface area contributed by atoms with Crippen LogP contribution in [0, 0.1) is 5.82 Å². The van der Waals surface area contributed by atoms with Crippen LogP contribution in [0.4, 0.5) is 4.39 Å². The zero-order valence-electron chi connectivity index (χ0n) is 10.2. The molecule has 0 fully saturated rings. The Kier molecular flexibility index (Phi) is 3.69. The lowest BCUT2D eigenvalue weighted by atomic mass is 10.1. The number of fused-ring (bicyclic) bond motifs is 1. The summed E-state index contributed by atoms with van der Waals surface area (Å²) >= 11 is 13.5. The first kappa shape index (κ1) is 13.8. The van der Waals surface area contributed by atoms with E-state index in [1.165, 1.54) is 12.1 Å². The summed E-state index contributed by atoms with van der Waals surface area (Å²) in [6, 6.07) is 11.7. The van der Waals surface area contributed by atoms with Crippen LogP contribution in [0.2, 0.25) is 10.0 Å². The molecule has 0 aliphatic carbocycles. The zero-order chi connectivity index (χ0) is 14.3. The minimum absolute atomic E-state index is 0.245. The molecule has 0 spiro atoms. The number of hydrogen-bond acceptors (Lipinski definition) is 2. The van der Waals surface area contributed by atoms with Crippen molar-refractivity contribution in [3.05, 3.63) is 68.8 Å². The lowest BCUT2D eigenvalue weighted by molar-refractivity contribution is 0.630. The number of thiophene rings is 1. The zero-order valence-corrected chi connectivity index (χ0v) is 12.6. The Bertz CT molecular complexity index is 785. The first-order valence-electron chi connectivity index (χ1n) is 5.94. The average molecular weight is 326 g/mol. The molecule has 5 heteroatoms. The molecule has 0 saturated carbocycles. The number of hydrogen-bond donors (Lipinski definition) is 1. The van der Waals surface area contributed by atoms with Gasteiger partial charge in [0.1, 0.15) is 5.82 Å². The topological polar surface area (TPSA) is 26.0 Å². The molecular formula is C15H10Cl2FNS. The number of nitrogens with two attached hydrogens (primary N) is 1. The molecule has 1 atom stereocenters. The fourth-order valence-electron chi connectivity index (χ4n) is 2.06. The van der Waals surface area contributed by atoms with Crippen molar-refractivity contribution in [1.82, 2.24) is 0 Å². The summed E-state index contributed by atoms with van der Waals surface area (Å²) in [4.78, 5) is 0.962. The predicted octanol–water partition coefficient (Wildman–Crippen LogP) is 5.40. The monoisotopic (exact) mass is 325 g/mol. The highest BCUT2D eigenvalue weighted by Crippen LogP contribution is 2.34. The fourth-order valence-corrected chi connectivity index (χ4v) is 3.44. The third-order valence-corrected chi connectivity index (χ3v) is 5.04. The van der Waals surface area contributed by atoms with E-state index in [9.17, 15) is 4.39 Å². The van der Waals surface area contributed by atoms with Crippen molar-refractivity contribution in [2.24, 2.45) is 5.73 Å². The van der Waals surface area contributed by atoms with Gasteiger partial charge in [-0.3, -0.25) is 0 Å². The third-order valence-electron chi connectivity index (χ3n) is 3.11. The summed E-state index contributed by atoms with van der Waals surface area (Å²) in [6.45, 7) is 0. The summed E-state index contributed by atoms with van der Waals surface area (Å²) < 4.78 is 14.2. The first-order valence-corrected chi connectivity index (χ1v) is 7.51. The quantitative estimate of drug-likeness (QED) is 0.671. The molecule has 2 N–H and O–H groups in total. The smallest absolute Gasteiger partial charge is 0.123 e. The summed E-state index contributed by atoms with van der Waals surface area (Å²) in [7, 11) is 0. The molecule has 20 heavy (non-hydrogen) atoms. The first-order chi connectivity index (χ1) is 9.54. The standard InChI is InChI=1S/C15H10Cl2FNS/c16-11-3-1-8(6-12(11)17)15(19)14-7-9-5-10(18)2-4-13(9)20-14/h1-7,15H,19H2. The Morgan fingerprint density at radius 1 is 1.00 bits per heavy atom. The van der Waals surface area contributed by atoms with Gasteiger partial charge in [0.15, 0.2) is 0 Å². The van der Waals surface area contributed by atoms with Gasteiger partial charge in [-0.15, -0.1) is 11.3 Å². The Morgan fingerprint density at radius 3 is 2.55 bits per heavy atom. The molecule has 0 amide bonds. The maximum absolute atomic E-state index is 13.2. The van der Waals surface area contributed by atoms with E-state index in [1.807, 2.05) is 12.1 Å². The van der Waals surface area contributed by atoms with Gasteiger partial charge in [0, 0.05) is 9.58 Å². The van der Waals surface area contributed by atoms with E-state index in [0.717, 1.165) is 20.5 Å². The SMILES string of the molecule is NC(c1ccc(Cl)c(Cl)c1)c1cc2cc(F)ccc2s1. The highest BCUT2D eigenvalue weighted by molar-refractivity contribution is 7.19. The van der Waals surface area contributed by atoms with E-state index >= 15 is 0 Å². The van der Waals surface area contributed by atoms with Crippen molar-refractivity contribution >= 4 is 44.6 Å². The van der Waals surface area contributed by atoms with Gasteiger partial charge in [0.25, 0.3) is 0 Å². The molecule has 1 aromatic heterocycles. The molecule has 0 aliphatic heterocycles. The maximum atomic E-state index is 13.2. The second-order valence-corrected chi connectivity index (χ2v) is 6.41. The highest BCUT2D eigenvalue weighted by atomic mass is 35.5. The van der Waals surface area contributed by atoms with E-state index in [0.29, 0.717) is 10.0 Å². The number of halogens is 3. The van der Waals surface area contributed by atoms with E-state index in [1.54, 1.807) is 29.5 Å². The second-order valence-electron chi connectivity index (χ2n) is 4.48. The highest BCUT2D eigenvalue weighted by Gasteiger charge is 2.14. The van der Waals surface area contributed by atoms with Crippen LogP contribution in [0.25, 0.3) is 10.1 Å². The molecule has 1 heterocycles. The van der Waals surface area contributed by atoms with Gasteiger partial charge in [0.2, 0.25) is 0 Å². The molecule has 1 unspecified atom stereocenters. The Hall–Kier alpha value is -1.13. The maximum Gasteiger partial charge on any atom is 0.123 e. The van der Waals surface area contributed by atoms with E-state index in [-0.39, 0.29) is 11.9 Å². The lowest BCUT2D eigenvalue weighted by Gasteiger charge is -2.10. The van der Waals surface area contributed by atoms with E-state index in [2.05, 4.69) is 0 Å². The Balaban J connectivity index is 2.02. The summed E-state index contributed by atoms with van der Waals surface area (Å²) in [5.41, 5.74) is 7.13. The van der Waals surface area contributed by atoms with E-state index < -0.39 is 0 Å². The largest absolute Gasteiger partial charge is 0.320 e. The molecular weight excluding hydrogens is 316 g/mol. The van der Waals surface area contributed by atoms with Crippen LogP contribution in [0.3, 0.4) is 0 Å². The normalized spacial score (nSPS) is 12.8. The fraction of sp³-hybridized carbons (Fsp3) is 0.0667. The third kappa shape index (κ3) is 2.54. The van der Waals surface area contributed by atoms with Crippen LogP contribution in [-0.4, -0.2) is 0 Å². The van der Waals surface area contributed by atoms with Gasteiger partial charge in [-0.25, -0.2) is 4.39 Å². The van der Waals surface area contributed by atoms with Gasteiger partial charge < -0.3 is 5.73 Å². The van der Waals surface area contributed by atoms with Gasteiger partial charge in [-0.1, -0.05) is 29.3 Å². The molecule has 0 bridgehead atoms. The van der Waals surface area contributed by atoms with Crippen molar-refractivity contribution in [1.29, 1.82) is 0 Å². The number of benzene rings is 2. The lowest BCUT2D eigenvalue weighted by Crippen LogP contribution is -2.09. The van der Waals surface area contributed by atoms with Crippen molar-refractivity contribution in [3.8, 4) is 0 Å². The molecule has 0 radical (unpaired) electrons. The average Bonchev–Trinajstić information content (AvgIpc) is 2.84. The number of rotatable bonds is 2. The van der Waals surface area contributed by atoms with Crippen LogP contribution in [0.1, 0.15) is 16.5 Å². The van der Waals surface area contributed by atoms with Crippen molar-refractivity contribution in [2.45, 2.75) is 6.04 Å². The van der Waals surface area contributed by atoms with Gasteiger partial charge in [-0.05, 0) is 47.3 Å². The van der Waals surface area contributed by atoms with Crippen molar-refractivity contribution in [3.63, 3.8) is 0 Å². The van der Waals surface area contributed by atoms with Gasteiger partial charge in [0.05, 0.1) is 16.1 Å². The van der Waals surface area contributed by atoms with E-state index in [4.69, 9.17) is 28.9 Å². The van der Waals surface area contributed by atoms with Crippen LogP contribution in [0.5, 0.6) is 0 Å². The minimum atomic E-state index is -0.301. The molecule has 3 aromatic rings. The molecule has 0 aliphatic rings. The molecule has 1 nitrogen and oxygen atoms in total. The van der Waals surface area contributed by atoms with Crippen LogP contribution in [-0.2, 0) is 0 Å². The minimum Gasteiger partial charge on any atom is -0.320 e.